The molecule has 9 nitrogen and oxygen atoms in total. The predicted octanol–water partition coefficient (Wildman–Crippen LogP) is 1.10. The molecule has 1 aromatic rings. The van der Waals surface area contributed by atoms with Crippen molar-refractivity contribution in [2.45, 2.75) is 63.8 Å². The number of aliphatic hydroxyl groups excluding tert-OH is 1. The van der Waals surface area contributed by atoms with Gasteiger partial charge in [-0.25, -0.2) is 4.79 Å². The van der Waals surface area contributed by atoms with Crippen LogP contribution < -0.4 is 0 Å². The van der Waals surface area contributed by atoms with Crippen LogP contribution in [-0.2, 0) is 9.53 Å². The van der Waals surface area contributed by atoms with Crippen LogP contribution in [0.15, 0.2) is 10.8 Å². The number of ether oxygens (including phenoxy) is 1. The van der Waals surface area contributed by atoms with Gasteiger partial charge in [0, 0.05) is 6.54 Å². The molecule has 0 radical (unpaired) electrons. The lowest BCUT2D eigenvalue weighted by molar-refractivity contribution is -0.170. The highest BCUT2D eigenvalue weighted by molar-refractivity contribution is 5.96. The van der Waals surface area contributed by atoms with E-state index in [-0.39, 0.29) is 11.8 Å². The Bertz CT molecular complexity index is 654. The molecular formula is C16H24N4O5. The Kier molecular flexibility index (Phi) is 4.22. The SMILES string of the molecule is C[C@@H](O)C(c1nnco1)N1CC2(CCCN2C(=O)OC(C)(C)C)C1=O. The molecule has 9 heteroatoms. The molecule has 2 aliphatic rings. The molecule has 3 heterocycles. The molecule has 1 N–H and O–H groups in total. The first kappa shape index (κ1) is 17.7. The maximum Gasteiger partial charge on any atom is 0.411 e. The number of amides is 2. The molecule has 2 saturated heterocycles. The first-order valence-electron chi connectivity index (χ1n) is 8.41. The summed E-state index contributed by atoms with van der Waals surface area (Å²) in [4.78, 5) is 28.5. The molecule has 1 aromatic heterocycles. The van der Waals surface area contributed by atoms with Crippen molar-refractivity contribution in [2.24, 2.45) is 0 Å². The molecule has 3 atom stereocenters. The van der Waals surface area contributed by atoms with E-state index in [9.17, 15) is 14.7 Å². The van der Waals surface area contributed by atoms with E-state index in [4.69, 9.17) is 9.15 Å². The van der Waals surface area contributed by atoms with Crippen LogP contribution in [0.3, 0.4) is 0 Å². The van der Waals surface area contributed by atoms with Gasteiger partial charge in [0.1, 0.15) is 17.2 Å². The highest BCUT2D eigenvalue weighted by Gasteiger charge is 2.62. The molecular weight excluding hydrogens is 328 g/mol. The minimum Gasteiger partial charge on any atom is -0.444 e. The Morgan fingerprint density at radius 1 is 1.48 bits per heavy atom. The maximum atomic E-state index is 13.0. The maximum absolute atomic E-state index is 13.0. The third kappa shape index (κ3) is 2.97. The fourth-order valence-electron chi connectivity index (χ4n) is 3.58. The molecule has 138 valence electrons. The van der Waals surface area contributed by atoms with Crippen molar-refractivity contribution in [2.75, 3.05) is 13.1 Å². The van der Waals surface area contributed by atoms with Gasteiger partial charge < -0.3 is 19.2 Å². The normalized spacial score (nSPS) is 25.9. The summed E-state index contributed by atoms with van der Waals surface area (Å²) in [6, 6.07) is -0.721. The van der Waals surface area contributed by atoms with Crippen LogP contribution in [-0.4, -0.2) is 67.4 Å². The minimum atomic E-state index is -0.893. The average molecular weight is 352 g/mol. The van der Waals surface area contributed by atoms with E-state index in [0.717, 1.165) is 12.8 Å². The molecule has 25 heavy (non-hydrogen) atoms. The van der Waals surface area contributed by atoms with E-state index in [0.29, 0.717) is 19.5 Å². The van der Waals surface area contributed by atoms with Gasteiger partial charge in [0.2, 0.25) is 12.3 Å². The van der Waals surface area contributed by atoms with Crippen molar-refractivity contribution < 1.29 is 23.8 Å². The van der Waals surface area contributed by atoms with Gasteiger partial charge in [-0.2, -0.15) is 0 Å². The van der Waals surface area contributed by atoms with E-state index in [1.807, 2.05) is 0 Å². The number of likely N-dealkylation sites (tertiary alicyclic amines) is 2. The second-order valence-electron chi connectivity index (χ2n) is 7.66. The molecule has 2 aliphatic heterocycles. The van der Waals surface area contributed by atoms with E-state index >= 15 is 0 Å². The second kappa shape index (κ2) is 5.98. The summed E-state index contributed by atoms with van der Waals surface area (Å²) in [6.45, 7) is 7.73. The number of aromatic nitrogens is 2. The third-order valence-corrected chi connectivity index (χ3v) is 4.62. The lowest BCUT2D eigenvalue weighted by Crippen LogP contribution is -2.74. The van der Waals surface area contributed by atoms with Crippen molar-refractivity contribution in [1.82, 2.24) is 20.0 Å². The number of rotatable bonds is 3. The minimum absolute atomic E-state index is 0.181. The molecule has 3 rings (SSSR count). The molecule has 0 saturated carbocycles. The van der Waals surface area contributed by atoms with Gasteiger partial charge in [-0.15, -0.1) is 10.2 Å². The standard InChI is InChI=1S/C16H24N4O5/c1-10(21)11(12-18-17-9-24-12)19-8-16(13(19)22)6-5-7-20(16)14(23)25-15(2,3)4/h9-11,21H,5-8H2,1-4H3/t10-,11?,16?/m1/s1. The Balaban J connectivity index is 1.79. The monoisotopic (exact) mass is 352 g/mol. The summed E-state index contributed by atoms with van der Waals surface area (Å²) in [6.07, 6.45) is 1.12. The zero-order valence-electron chi connectivity index (χ0n) is 14.9. The lowest BCUT2D eigenvalue weighted by atomic mass is 9.83. The van der Waals surface area contributed by atoms with Crippen LogP contribution in [0.1, 0.15) is 52.5 Å². The Morgan fingerprint density at radius 3 is 2.72 bits per heavy atom. The summed E-state index contributed by atoms with van der Waals surface area (Å²) in [5, 5.41) is 17.5. The smallest absolute Gasteiger partial charge is 0.411 e. The van der Waals surface area contributed by atoms with Crippen LogP contribution in [0.25, 0.3) is 0 Å². The fraction of sp³-hybridized carbons (Fsp3) is 0.750. The van der Waals surface area contributed by atoms with Crippen LogP contribution in [0.5, 0.6) is 0 Å². The largest absolute Gasteiger partial charge is 0.444 e. The van der Waals surface area contributed by atoms with Crippen molar-refractivity contribution in [3.05, 3.63) is 12.3 Å². The number of nitrogens with zero attached hydrogens (tertiary/aromatic N) is 4. The van der Waals surface area contributed by atoms with Gasteiger partial charge in [-0.3, -0.25) is 9.69 Å². The van der Waals surface area contributed by atoms with Crippen LogP contribution >= 0.6 is 0 Å². The molecule has 0 bridgehead atoms. The Morgan fingerprint density at radius 2 is 2.20 bits per heavy atom. The first-order chi connectivity index (χ1) is 11.7. The quantitative estimate of drug-likeness (QED) is 0.811. The highest BCUT2D eigenvalue weighted by atomic mass is 16.6. The van der Waals surface area contributed by atoms with Gasteiger partial charge in [-0.05, 0) is 40.5 Å². The van der Waals surface area contributed by atoms with Gasteiger partial charge in [0.25, 0.3) is 5.91 Å². The third-order valence-electron chi connectivity index (χ3n) is 4.62. The topological polar surface area (TPSA) is 109 Å². The fourth-order valence-corrected chi connectivity index (χ4v) is 3.58. The summed E-state index contributed by atoms with van der Waals surface area (Å²) in [5.74, 6) is -0.0417. The highest BCUT2D eigenvalue weighted by Crippen LogP contribution is 2.44. The molecule has 0 aliphatic carbocycles. The number of aliphatic hydroxyl groups is 1. The summed E-state index contributed by atoms with van der Waals surface area (Å²) in [5.41, 5.74) is -1.52. The molecule has 1 spiro atoms. The van der Waals surface area contributed by atoms with Crippen molar-refractivity contribution in [3.8, 4) is 0 Å². The van der Waals surface area contributed by atoms with E-state index < -0.39 is 29.4 Å². The van der Waals surface area contributed by atoms with Crippen molar-refractivity contribution in [3.63, 3.8) is 0 Å². The Labute approximate surface area is 145 Å². The zero-order valence-corrected chi connectivity index (χ0v) is 14.9. The predicted molar refractivity (Wildman–Crippen MR) is 85.3 cm³/mol. The Hall–Kier alpha value is -2.16. The second-order valence-corrected chi connectivity index (χ2v) is 7.66. The summed E-state index contributed by atoms with van der Waals surface area (Å²) in [7, 11) is 0. The average Bonchev–Trinajstić information content (AvgIpc) is 3.14. The van der Waals surface area contributed by atoms with Crippen LogP contribution in [0, 0.1) is 0 Å². The van der Waals surface area contributed by atoms with E-state index in [2.05, 4.69) is 10.2 Å². The molecule has 2 unspecified atom stereocenters. The van der Waals surface area contributed by atoms with Crippen molar-refractivity contribution in [1.29, 1.82) is 0 Å². The van der Waals surface area contributed by atoms with Gasteiger partial charge >= 0.3 is 6.09 Å². The number of carbonyl (C=O) groups excluding carboxylic acids is 2. The number of hydrogen-bond donors (Lipinski definition) is 1. The van der Waals surface area contributed by atoms with E-state index in [1.54, 1.807) is 27.7 Å². The molecule has 2 fully saturated rings. The lowest BCUT2D eigenvalue weighted by Gasteiger charge is -2.53. The summed E-state index contributed by atoms with van der Waals surface area (Å²) >= 11 is 0. The number of carbonyl (C=O) groups is 2. The number of hydrogen-bond acceptors (Lipinski definition) is 7. The number of β-lactam (4-membered cyclic amide) rings is 1. The van der Waals surface area contributed by atoms with Crippen LogP contribution in [0.2, 0.25) is 0 Å². The molecule has 0 aromatic carbocycles. The summed E-state index contributed by atoms with van der Waals surface area (Å²) < 4.78 is 10.6. The van der Waals surface area contributed by atoms with Crippen molar-refractivity contribution >= 4 is 12.0 Å². The van der Waals surface area contributed by atoms with Gasteiger partial charge in [0.05, 0.1) is 12.6 Å². The van der Waals surface area contributed by atoms with E-state index in [1.165, 1.54) is 9.80 Å². The first-order valence-corrected chi connectivity index (χ1v) is 8.41. The van der Waals surface area contributed by atoms with Crippen LogP contribution in [0.4, 0.5) is 4.79 Å². The van der Waals surface area contributed by atoms with Gasteiger partial charge in [-0.1, -0.05) is 0 Å². The van der Waals surface area contributed by atoms with Gasteiger partial charge in [0.15, 0.2) is 0 Å². The molecule has 2 amide bonds. The zero-order chi connectivity index (χ0) is 18.4.